The van der Waals surface area contributed by atoms with E-state index in [9.17, 15) is 13.5 Å². The molecule has 0 atom stereocenters. The molecular weight excluding hydrogens is 264 g/mol. The number of rotatable bonds is 4. The summed E-state index contributed by atoms with van der Waals surface area (Å²) in [5.74, 6) is 0. The molecule has 0 radical (unpaired) electrons. The van der Waals surface area contributed by atoms with E-state index in [0.29, 0.717) is 24.1 Å². The van der Waals surface area contributed by atoms with Crippen LogP contribution in [0.2, 0.25) is 0 Å². The molecule has 0 aromatic heterocycles. The number of sulfonamides is 1. The van der Waals surface area contributed by atoms with Gasteiger partial charge in [0.1, 0.15) is 0 Å². The first-order valence-electron chi connectivity index (χ1n) is 6.32. The lowest BCUT2D eigenvalue weighted by molar-refractivity contribution is -0.0270. The average Bonchev–Trinajstić information content (AvgIpc) is 2.28. The summed E-state index contributed by atoms with van der Waals surface area (Å²) < 4.78 is 27.0. The number of aryl methyl sites for hydroxylation is 1. The fourth-order valence-corrected chi connectivity index (χ4v) is 3.67. The van der Waals surface area contributed by atoms with Gasteiger partial charge in [-0.2, -0.15) is 0 Å². The summed E-state index contributed by atoms with van der Waals surface area (Å²) in [6.07, 6.45) is 2.23. The molecule has 0 saturated heterocycles. The molecule has 1 aromatic carbocycles. The second kappa shape index (κ2) is 4.77. The van der Waals surface area contributed by atoms with Gasteiger partial charge in [-0.25, -0.2) is 13.1 Å². The van der Waals surface area contributed by atoms with Crippen molar-refractivity contribution >= 4 is 15.7 Å². The van der Waals surface area contributed by atoms with Crippen LogP contribution in [0.4, 0.5) is 5.69 Å². The number of aliphatic hydroxyl groups is 1. The van der Waals surface area contributed by atoms with Gasteiger partial charge in [0, 0.05) is 12.2 Å². The van der Waals surface area contributed by atoms with Crippen LogP contribution in [-0.4, -0.2) is 25.7 Å². The van der Waals surface area contributed by atoms with E-state index in [1.807, 2.05) is 6.92 Å². The van der Waals surface area contributed by atoms with Gasteiger partial charge in [-0.15, -0.1) is 0 Å². The molecule has 0 unspecified atom stereocenters. The predicted octanol–water partition coefficient (Wildman–Crippen LogP) is 1.08. The lowest BCUT2D eigenvalue weighted by Crippen LogP contribution is -2.47. The Bertz CT molecular complexity index is 592. The Balaban J connectivity index is 2.24. The second-order valence-corrected chi connectivity index (χ2v) is 7.10. The highest BCUT2D eigenvalue weighted by atomic mass is 32.2. The number of benzene rings is 1. The first kappa shape index (κ1) is 14.3. The zero-order chi connectivity index (χ0) is 14.3. The van der Waals surface area contributed by atoms with E-state index in [-0.39, 0.29) is 11.4 Å². The van der Waals surface area contributed by atoms with Crippen LogP contribution in [0, 0.1) is 13.8 Å². The minimum atomic E-state index is -3.64. The second-order valence-electron chi connectivity index (χ2n) is 5.36. The zero-order valence-corrected chi connectivity index (χ0v) is 12.0. The monoisotopic (exact) mass is 284 g/mol. The topological polar surface area (TPSA) is 92.4 Å². The Morgan fingerprint density at radius 1 is 1.37 bits per heavy atom. The number of nitrogen functional groups attached to an aromatic ring is 1. The van der Waals surface area contributed by atoms with Gasteiger partial charge in [-0.1, -0.05) is 0 Å². The van der Waals surface area contributed by atoms with E-state index >= 15 is 0 Å². The van der Waals surface area contributed by atoms with Gasteiger partial charge in [0.15, 0.2) is 0 Å². The van der Waals surface area contributed by atoms with Crippen molar-refractivity contribution in [3.8, 4) is 0 Å². The molecule has 6 heteroatoms. The standard InChI is InChI=1S/C13H20N2O3S/c1-9-6-11(14)7-12(10(9)2)19(17,18)15-8-13(16)4-3-5-13/h6-7,15-16H,3-5,8,14H2,1-2H3. The molecular formula is C13H20N2O3S. The van der Waals surface area contributed by atoms with Crippen LogP contribution < -0.4 is 10.5 Å². The highest BCUT2D eigenvalue weighted by molar-refractivity contribution is 7.89. The molecule has 5 nitrogen and oxygen atoms in total. The van der Waals surface area contributed by atoms with Gasteiger partial charge >= 0.3 is 0 Å². The van der Waals surface area contributed by atoms with Gasteiger partial charge in [0.2, 0.25) is 10.0 Å². The number of nitrogens with two attached hydrogens (primary N) is 1. The first-order chi connectivity index (χ1) is 8.73. The van der Waals surface area contributed by atoms with Crippen molar-refractivity contribution in [3.63, 3.8) is 0 Å². The maximum absolute atomic E-state index is 12.3. The molecule has 1 saturated carbocycles. The number of hydrogen-bond acceptors (Lipinski definition) is 4. The summed E-state index contributed by atoms with van der Waals surface area (Å²) in [6.45, 7) is 3.63. The Kier molecular flexibility index (Phi) is 3.59. The molecule has 0 bridgehead atoms. The molecule has 0 amide bonds. The van der Waals surface area contributed by atoms with Crippen molar-refractivity contribution in [2.24, 2.45) is 0 Å². The van der Waals surface area contributed by atoms with Crippen molar-refractivity contribution in [1.29, 1.82) is 0 Å². The van der Waals surface area contributed by atoms with E-state index in [4.69, 9.17) is 5.73 Å². The van der Waals surface area contributed by atoms with E-state index in [1.165, 1.54) is 6.07 Å². The van der Waals surface area contributed by atoms with Crippen molar-refractivity contribution < 1.29 is 13.5 Å². The minimum Gasteiger partial charge on any atom is -0.399 e. The summed E-state index contributed by atoms with van der Waals surface area (Å²) in [6, 6.07) is 3.20. The summed E-state index contributed by atoms with van der Waals surface area (Å²) >= 11 is 0. The van der Waals surface area contributed by atoms with Crippen LogP contribution in [0.15, 0.2) is 17.0 Å². The maximum Gasteiger partial charge on any atom is 0.241 e. The molecule has 0 spiro atoms. The normalized spacial score (nSPS) is 18.1. The summed E-state index contributed by atoms with van der Waals surface area (Å²) in [4.78, 5) is 0.188. The molecule has 1 aliphatic carbocycles. The number of hydrogen-bond donors (Lipinski definition) is 3. The van der Waals surface area contributed by atoms with E-state index in [2.05, 4.69) is 4.72 Å². The molecule has 0 heterocycles. The van der Waals surface area contributed by atoms with E-state index < -0.39 is 15.6 Å². The molecule has 19 heavy (non-hydrogen) atoms. The predicted molar refractivity (Wildman–Crippen MR) is 74.3 cm³/mol. The third-order valence-corrected chi connectivity index (χ3v) is 5.33. The zero-order valence-electron chi connectivity index (χ0n) is 11.2. The first-order valence-corrected chi connectivity index (χ1v) is 7.81. The quantitative estimate of drug-likeness (QED) is 0.721. The number of nitrogens with one attached hydrogen (secondary N) is 1. The fraction of sp³-hybridized carbons (Fsp3) is 0.538. The molecule has 0 aliphatic heterocycles. The average molecular weight is 284 g/mol. The van der Waals surface area contributed by atoms with Gasteiger partial charge in [0.25, 0.3) is 0 Å². The highest BCUT2D eigenvalue weighted by Crippen LogP contribution is 2.31. The Morgan fingerprint density at radius 3 is 2.53 bits per heavy atom. The lowest BCUT2D eigenvalue weighted by atomic mass is 9.81. The summed E-state index contributed by atoms with van der Waals surface area (Å²) in [5.41, 5.74) is 6.76. The summed E-state index contributed by atoms with van der Waals surface area (Å²) in [7, 11) is -3.64. The van der Waals surface area contributed by atoms with Crippen LogP contribution in [0.5, 0.6) is 0 Å². The van der Waals surface area contributed by atoms with E-state index in [0.717, 1.165) is 12.0 Å². The molecule has 1 aromatic rings. The van der Waals surface area contributed by atoms with Crippen molar-refractivity contribution in [3.05, 3.63) is 23.3 Å². The van der Waals surface area contributed by atoms with Crippen molar-refractivity contribution in [2.75, 3.05) is 12.3 Å². The Labute approximate surface area is 113 Å². The Hall–Kier alpha value is -1.11. The number of anilines is 1. The summed E-state index contributed by atoms with van der Waals surface area (Å²) in [5, 5.41) is 9.95. The van der Waals surface area contributed by atoms with Crippen LogP contribution in [0.3, 0.4) is 0 Å². The minimum absolute atomic E-state index is 0.0582. The third-order valence-electron chi connectivity index (χ3n) is 3.81. The van der Waals surface area contributed by atoms with Crippen LogP contribution >= 0.6 is 0 Å². The fourth-order valence-electron chi connectivity index (χ4n) is 2.20. The third kappa shape index (κ3) is 2.91. The lowest BCUT2D eigenvalue weighted by Gasteiger charge is -2.36. The van der Waals surface area contributed by atoms with Crippen LogP contribution in [-0.2, 0) is 10.0 Å². The van der Waals surface area contributed by atoms with Gasteiger partial charge in [-0.3, -0.25) is 0 Å². The SMILES string of the molecule is Cc1cc(N)cc(S(=O)(=O)NCC2(O)CCC2)c1C. The molecule has 1 aliphatic rings. The Morgan fingerprint density at radius 2 is 2.00 bits per heavy atom. The van der Waals surface area contributed by atoms with Crippen LogP contribution in [0.25, 0.3) is 0 Å². The molecule has 1 fully saturated rings. The highest BCUT2D eigenvalue weighted by Gasteiger charge is 2.35. The maximum atomic E-state index is 12.3. The van der Waals surface area contributed by atoms with E-state index in [1.54, 1.807) is 13.0 Å². The van der Waals surface area contributed by atoms with Crippen molar-refractivity contribution in [1.82, 2.24) is 4.72 Å². The van der Waals surface area contributed by atoms with Crippen molar-refractivity contribution in [2.45, 2.75) is 43.6 Å². The molecule has 106 valence electrons. The smallest absolute Gasteiger partial charge is 0.241 e. The molecule has 4 N–H and O–H groups in total. The van der Waals surface area contributed by atoms with Gasteiger partial charge in [-0.05, 0) is 56.4 Å². The van der Waals surface area contributed by atoms with Gasteiger partial charge in [0.05, 0.1) is 10.5 Å². The van der Waals surface area contributed by atoms with Gasteiger partial charge < -0.3 is 10.8 Å². The molecule has 2 rings (SSSR count). The van der Waals surface area contributed by atoms with Crippen LogP contribution in [0.1, 0.15) is 30.4 Å². The largest absolute Gasteiger partial charge is 0.399 e.